The minimum atomic E-state index is -0.535. The van der Waals surface area contributed by atoms with Gasteiger partial charge in [0, 0.05) is 6.07 Å². The number of ether oxygens (including phenoxy) is 2. The highest BCUT2D eigenvalue weighted by atomic mass is 79.9. The van der Waals surface area contributed by atoms with Gasteiger partial charge in [-0.25, -0.2) is 9.78 Å². The van der Waals surface area contributed by atoms with Crippen LogP contribution in [0, 0.1) is 0 Å². The summed E-state index contributed by atoms with van der Waals surface area (Å²) in [4.78, 5) is 16.0. The molecule has 0 aliphatic carbocycles. The molecule has 0 bridgehead atoms. The third-order valence-corrected chi connectivity index (χ3v) is 3.82. The van der Waals surface area contributed by atoms with Crippen LogP contribution in [0.25, 0.3) is 10.2 Å². The molecule has 2 rings (SSSR count). The molecule has 0 aliphatic heterocycles. The number of halogens is 1. The van der Waals surface area contributed by atoms with E-state index in [-0.39, 0.29) is 0 Å². The number of methoxy groups -OCH3 is 1. The van der Waals surface area contributed by atoms with Crippen LogP contribution in [0.3, 0.4) is 0 Å². The van der Waals surface area contributed by atoms with Crippen molar-refractivity contribution in [2.45, 2.75) is 26.4 Å². The zero-order valence-corrected chi connectivity index (χ0v) is 14.0. The molecule has 0 saturated carbocycles. The van der Waals surface area contributed by atoms with Gasteiger partial charge in [-0.15, -0.1) is 0 Å². The summed E-state index contributed by atoms with van der Waals surface area (Å²) >= 11 is 4.80. The van der Waals surface area contributed by atoms with Gasteiger partial charge in [-0.3, -0.25) is 5.32 Å². The Balaban J connectivity index is 2.22. The number of aromatic nitrogens is 1. The number of rotatable bonds is 2. The van der Waals surface area contributed by atoms with Crippen molar-refractivity contribution in [3.63, 3.8) is 0 Å². The molecule has 0 unspecified atom stereocenters. The van der Waals surface area contributed by atoms with Gasteiger partial charge in [0.25, 0.3) is 0 Å². The van der Waals surface area contributed by atoms with Gasteiger partial charge in [0.15, 0.2) is 5.13 Å². The largest absolute Gasteiger partial charge is 0.495 e. The molecule has 0 saturated heterocycles. The lowest BCUT2D eigenvalue weighted by atomic mass is 10.2. The quantitative estimate of drug-likeness (QED) is 0.863. The Kier molecular flexibility index (Phi) is 4.19. The van der Waals surface area contributed by atoms with Crippen molar-refractivity contribution in [2.75, 3.05) is 12.4 Å². The first-order chi connectivity index (χ1) is 9.28. The van der Waals surface area contributed by atoms with Crippen molar-refractivity contribution >= 4 is 48.7 Å². The van der Waals surface area contributed by atoms with Gasteiger partial charge < -0.3 is 9.47 Å². The Morgan fingerprint density at radius 3 is 2.70 bits per heavy atom. The third kappa shape index (κ3) is 3.61. The summed E-state index contributed by atoms with van der Waals surface area (Å²) in [6.07, 6.45) is -0.511. The second kappa shape index (κ2) is 5.57. The van der Waals surface area contributed by atoms with Gasteiger partial charge >= 0.3 is 6.09 Å². The van der Waals surface area contributed by atoms with E-state index in [1.54, 1.807) is 7.11 Å². The molecule has 0 atom stereocenters. The average Bonchev–Trinajstić information content (AvgIpc) is 2.66. The average molecular weight is 359 g/mol. The Morgan fingerprint density at radius 1 is 1.40 bits per heavy atom. The molecule has 1 amide bonds. The van der Waals surface area contributed by atoms with Crippen LogP contribution in [0.2, 0.25) is 0 Å². The Hall–Kier alpha value is -1.34. The highest BCUT2D eigenvalue weighted by Crippen LogP contribution is 2.34. The van der Waals surface area contributed by atoms with Crippen LogP contribution in [-0.2, 0) is 4.74 Å². The first-order valence-corrected chi connectivity index (χ1v) is 7.53. The van der Waals surface area contributed by atoms with Gasteiger partial charge in [-0.1, -0.05) is 11.3 Å². The molecule has 0 radical (unpaired) electrons. The van der Waals surface area contributed by atoms with E-state index in [1.165, 1.54) is 11.3 Å². The molecule has 2 aromatic rings. The SMILES string of the molecule is COc1cc2nc(NC(=O)OC(C)(C)C)sc2cc1Br. The molecular formula is C13H15BrN2O3S. The van der Waals surface area contributed by atoms with Gasteiger partial charge in [-0.2, -0.15) is 0 Å². The van der Waals surface area contributed by atoms with Crippen molar-refractivity contribution in [3.05, 3.63) is 16.6 Å². The summed E-state index contributed by atoms with van der Waals surface area (Å²) in [6.45, 7) is 5.44. The summed E-state index contributed by atoms with van der Waals surface area (Å²) in [5.74, 6) is 0.701. The predicted octanol–water partition coefficient (Wildman–Crippen LogP) is 4.41. The summed E-state index contributed by atoms with van der Waals surface area (Å²) in [7, 11) is 1.60. The highest BCUT2D eigenvalue weighted by molar-refractivity contribution is 9.10. The Bertz CT molecular complexity index is 649. The molecule has 0 fully saturated rings. The second-order valence-corrected chi connectivity index (χ2v) is 6.99. The number of thiazole rings is 1. The number of nitrogens with one attached hydrogen (secondary N) is 1. The predicted molar refractivity (Wildman–Crippen MR) is 83.7 cm³/mol. The first kappa shape index (κ1) is 15.1. The maximum absolute atomic E-state index is 11.7. The van der Waals surface area contributed by atoms with E-state index in [0.717, 1.165) is 14.7 Å². The fraction of sp³-hybridized carbons (Fsp3) is 0.385. The minimum Gasteiger partial charge on any atom is -0.495 e. The lowest BCUT2D eigenvalue weighted by Gasteiger charge is -2.18. The molecule has 20 heavy (non-hydrogen) atoms. The van der Waals surface area contributed by atoms with Crippen LogP contribution in [-0.4, -0.2) is 23.8 Å². The molecule has 1 aromatic carbocycles. The van der Waals surface area contributed by atoms with E-state index < -0.39 is 11.7 Å². The van der Waals surface area contributed by atoms with Crippen molar-refractivity contribution in [2.24, 2.45) is 0 Å². The topological polar surface area (TPSA) is 60.5 Å². The molecule has 0 spiro atoms. The van der Waals surface area contributed by atoms with Gasteiger partial charge in [0.05, 0.1) is 21.8 Å². The van der Waals surface area contributed by atoms with Crippen molar-refractivity contribution in [3.8, 4) is 5.75 Å². The van der Waals surface area contributed by atoms with Crippen LogP contribution >= 0.6 is 27.3 Å². The summed E-state index contributed by atoms with van der Waals surface area (Å²) in [5, 5.41) is 3.13. The number of benzene rings is 1. The Labute approximate surface area is 129 Å². The van der Waals surface area contributed by atoms with Gasteiger partial charge in [0.1, 0.15) is 11.4 Å². The lowest BCUT2D eigenvalue weighted by Crippen LogP contribution is -2.27. The van der Waals surface area contributed by atoms with E-state index >= 15 is 0 Å². The fourth-order valence-corrected chi connectivity index (χ4v) is 3.06. The van der Waals surface area contributed by atoms with Crippen LogP contribution in [0.4, 0.5) is 9.93 Å². The molecule has 0 aliphatic rings. The molecule has 1 aromatic heterocycles. The molecule has 7 heteroatoms. The maximum Gasteiger partial charge on any atom is 0.413 e. The molecule has 1 N–H and O–H groups in total. The van der Waals surface area contributed by atoms with Crippen LogP contribution in [0.1, 0.15) is 20.8 Å². The zero-order chi connectivity index (χ0) is 14.9. The summed E-state index contributed by atoms with van der Waals surface area (Å²) in [5.41, 5.74) is 0.230. The minimum absolute atomic E-state index is 0.495. The fourth-order valence-electron chi connectivity index (χ4n) is 1.53. The van der Waals surface area contributed by atoms with Crippen molar-refractivity contribution in [1.29, 1.82) is 0 Å². The van der Waals surface area contributed by atoms with E-state index in [0.29, 0.717) is 10.9 Å². The van der Waals surface area contributed by atoms with E-state index in [2.05, 4.69) is 26.2 Å². The first-order valence-electron chi connectivity index (χ1n) is 5.92. The zero-order valence-electron chi connectivity index (χ0n) is 11.6. The van der Waals surface area contributed by atoms with Crippen LogP contribution in [0.5, 0.6) is 5.75 Å². The normalized spacial score (nSPS) is 11.4. The highest BCUT2D eigenvalue weighted by Gasteiger charge is 2.17. The lowest BCUT2D eigenvalue weighted by molar-refractivity contribution is 0.0636. The number of amides is 1. The Morgan fingerprint density at radius 2 is 2.10 bits per heavy atom. The monoisotopic (exact) mass is 358 g/mol. The van der Waals surface area contributed by atoms with Crippen LogP contribution < -0.4 is 10.1 Å². The van der Waals surface area contributed by atoms with E-state index in [9.17, 15) is 4.79 Å². The number of hydrogen-bond acceptors (Lipinski definition) is 5. The van der Waals surface area contributed by atoms with E-state index in [4.69, 9.17) is 9.47 Å². The van der Waals surface area contributed by atoms with Gasteiger partial charge in [-0.05, 0) is 42.8 Å². The molecule has 5 nitrogen and oxygen atoms in total. The molecule has 1 heterocycles. The second-order valence-electron chi connectivity index (χ2n) is 5.10. The summed E-state index contributed by atoms with van der Waals surface area (Å²) < 4.78 is 12.2. The van der Waals surface area contributed by atoms with Crippen molar-refractivity contribution < 1.29 is 14.3 Å². The smallest absolute Gasteiger partial charge is 0.413 e. The number of fused-ring (bicyclic) bond motifs is 1. The van der Waals surface area contributed by atoms with Gasteiger partial charge in [0.2, 0.25) is 0 Å². The number of anilines is 1. The summed E-state index contributed by atoms with van der Waals surface area (Å²) in [6, 6.07) is 3.72. The number of hydrogen-bond donors (Lipinski definition) is 1. The van der Waals surface area contributed by atoms with Crippen LogP contribution in [0.15, 0.2) is 16.6 Å². The molecule has 108 valence electrons. The molecular weight excluding hydrogens is 344 g/mol. The maximum atomic E-state index is 11.7. The standard InChI is InChI=1S/C13H15BrN2O3S/c1-13(2,3)19-12(17)16-11-15-8-6-9(18-4)7(14)5-10(8)20-11/h5-6H,1-4H3,(H,15,16,17). The third-order valence-electron chi connectivity index (χ3n) is 2.27. The van der Waals surface area contributed by atoms with E-state index in [1.807, 2.05) is 32.9 Å². The number of carbonyl (C=O) groups excluding carboxylic acids is 1. The number of nitrogens with zero attached hydrogens (tertiary/aromatic N) is 1. The van der Waals surface area contributed by atoms with Crippen molar-refractivity contribution in [1.82, 2.24) is 4.98 Å². The number of carbonyl (C=O) groups is 1.